The summed E-state index contributed by atoms with van der Waals surface area (Å²) in [7, 11) is 2.17. The van der Waals surface area contributed by atoms with Gasteiger partial charge in [0.05, 0.1) is 17.4 Å². The van der Waals surface area contributed by atoms with E-state index in [1.54, 1.807) is 11.8 Å². The Labute approximate surface area is 226 Å². The van der Waals surface area contributed by atoms with Crippen molar-refractivity contribution in [2.75, 3.05) is 20.1 Å². The van der Waals surface area contributed by atoms with Crippen LogP contribution in [0.1, 0.15) is 28.3 Å². The number of fused-ring (bicyclic) bond motifs is 1. The Morgan fingerprint density at radius 1 is 0.889 bits per heavy atom. The number of hydrogen-bond acceptors (Lipinski definition) is 4. The Kier molecular flexibility index (Phi) is 6.30. The number of halogens is 2. The fourth-order valence-corrected chi connectivity index (χ4v) is 6.24. The Morgan fingerprint density at radius 2 is 1.56 bits per heavy atom. The number of nitrogens with zero attached hydrogens (tertiary/aromatic N) is 3. The van der Waals surface area contributed by atoms with Crippen molar-refractivity contribution in [1.82, 2.24) is 9.80 Å². The number of likely N-dealkylation sites (N-methyl/N-ethyl adjacent to an activating group) is 1. The molecule has 3 aromatic rings. The molecule has 36 heavy (non-hydrogen) atoms. The quantitative estimate of drug-likeness (QED) is 0.342. The third kappa shape index (κ3) is 4.44. The zero-order chi connectivity index (χ0) is 24.8. The van der Waals surface area contributed by atoms with Gasteiger partial charge in [-0.15, -0.1) is 0 Å². The largest absolute Gasteiger partial charge is 0.308 e. The molecule has 3 aromatic carbocycles. The second-order valence-corrected chi connectivity index (χ2v) is 11.2. The highest BCUT2D eigenvalue weighted by Crippen LogP contribution is 2.49. The molecule has 0 N–H and O–H groups in total. The molecule has 0 unspecified atom stereocenters. The fourth-order valence-electron chi connectivity index (χ4n) is 5.06. The van der Waals surface area contributed by atoms with Crippen LogP contribution in [0.4, 0.5) is 0 Å². The number of amidine groups is 1. The van der Waals surface area contributed by atoms with Crippen molar-refractivity contribution in [2.24, 2.45) is 4.99 Å². The normalized spacial score (nSPS) is 20.8. The summed E-state index contributed by atoms with van der Waals surface area (Å²) in [6, 6.07) is 25.0. The minimum atomic E-state index is 0.0312. The van der Waals surface area contributed by atoms with E-state index in [2.05, 4.69) is 83.8 Å². The van der Waals surface area contributed by atoms with Crippen LogP contribution >= 0.6 is 35.0 Å². The molecular weight excluding hydrogens is 505 g/mol. The van der Waals surface area contributed by atoms with Gasteiger partial charge in [0.2, 0.25) is 0 Å². The number of hydrogen-bond donors (Lipinski definition) is 0. The van der Waals surface area contributed by atoms with E-state index in [0.717, 1.165) is 39.6 Å². The van der Waals surface area contributed by atoms with Crippen LogP contribution < -0.4 is 0 Å². The smallest absolute Gasteiger partial charge is 0.174 e. The van der Waals surface area contributed by atoms with E-state index in [0.29, 0.717) is 0 Å². The van der Waals surface area contributed by atoms with E-state index in [4.69, 9.17) is 28.2 Å². The first-order valence-corrected chi connectivity index (χ1v) is 13.6. The van der Waals surface area contributed by atoms with Crippen molar-refractivity contribution in [1.29, 1.82) is 0 Å². The molecular formula is C30H25Cl2N3S. The molecule has 3 aliphatic heterocycles. The number of benzene rings is 3. The minimum absolute atomic E-state index is 0.0312. The summed E-state index contributed by atoms with van der Waals surface area (Å²) >= 11 is 14.1. The number of rotatable bonds is 3. The van der Waals surface area contributed by atoms with Gasteiger partial charge in [0.1, 0.15) is 0 Å². The summed E-state index contributed by atoms with van der Waals surface area (Å²) in [5.74, 6) is 0. The molecule has 3 aliphatic rings. The molecule has 6 heteroatoms. The lowest BCUT2D eigenvalue weighted by Crippen LogP contribution is -2.40. The molecule has 180 valence electrons. The number of aryl methyl sites for hydroxylation is 1. The maximum atomic E-state index is 6.29. The van der Waals surface area contributed by atoms with Gasteiger partial charge in [-0.05, 0) is 72.1 Å². The Bertz CT molecular complexity index is 1440. The van der Waals surface area contributed by atoms with E-state index < -0.39 is 0 Å². The Morgan fingerprint density at radius 3 is 2.25 bits per heavy atom. The first kappa shape index (κ1) is 23.6. The zero-order valence-corrected chi connectivity index (χ0v) is 22.4. The zero-order valence-electron chi connectivity index (χ0n) is 20.1. The van der Waals surface area contributed by atoms with E-state index in [9.17, 15) is 0 Å². The molecule has 0 fully saturated rings. The van der Waals surface area contributed by atoms with Gasteiger partial charge in [-0.3, -0.25) is 4.90 Å². The fraction of sp³-hybridized carbons (Fsp3) is 0.167. The van der Waals surface area contributed by atoms with Gasteiger partial charge in [-0.2, -0.15) is 0 Å². The Hall–Kier alpha value is -2.76. The lowest BCUT2D eigenvalue weighted by atomic mass is 9.88. The molecule has 0 saturated carbocycles. The predicted molar refractivity (Wildman–Crippen MR) is 154 cm³/mol. The van der Waals surface area contributed by atoms with Crippen LogP contribution in [-0.4, -0.2) is 35.1 Å². The maximum absolute atomic E-state index is 6.29. The SMILES string of the molecule is Cc1ccc(C2=CSC3=NC4=C(CN(C)C/C4=C\c4ccc(Cl)cc4)[C@H](c4ccc(Cl)cc4)N23)cc1. The van der Waals surface area contributed by atoms with Gasteiger partial charge < -0.3 is 4.90 Å². The molecule has 0 aliphatic carbocycles. The Balaban J connectivity index is 1.50. The third-order valence-corrected chi connectivity index (χ3v) is 8.11. The molecule has 3 nitrogen and oxygen atoms in total. The average Bonchev–Trinajstić information content (AvgIpc) is 3.29. The summed E-state index contributed by atoms with van der Waals surface area (Å²) < 4.78 is 0. The summed E-state index contributed by atoms with van der Waals surface area (Å²) in [6.07, 6.45) is 2.24. The van der Waals surface area contributed by atoms with Crippen molar-refractivity contribution in [3.63, 3.8) is 0 Å². The van der Waals surface area contributed by atoms with Crippen LogP contribution in [0.2, 0.25) is 10.0 Å². The van der Waals surface area contributed by atoms with E-state index in [1.165, 1.54) is 33.5 Å². The highest BCUT2D eigenvalue weighted by molar-refractivity contribution is 8.16. The van der Waals surface area contributed by atoms with Crippen molar-refractivity contribution >= 4 is 51.9 Å². The lowest BCUT2D eigenvalue weighted by Gasteiger charge is -2.42. The second kappa shape index (κ2) is 9.60. The van der Waals surface area contributed by atoms with Gasteiger partial charge in [0, 0.05) is 28.5 Å². The molecule has 3 heterocycles. The minimum Gasteiger partial charge on any atom is -0.308 e. The van der Waals surface area contributed by atoms with E-state index in [-0.39, 0.29) is 6.04 Å². The van der Waals surface area contributed by atoms with Crippen molar-refractivity contribution in [3.05, 3.63) is 127 Å². The summed E-state index contributed by atoms with van der Waals surface area (Å²) in [5.41, 5.74) is 9.58. The van der Waals surface area contributed by atoms with Crippen molar-refractivity contribution < 1.29 is 0 Å². The summed E-state index contributed by atoms with van der Waals surface area (Å²) in [4.78, 5) is 10.0. The molecule has 0 spiro atoms. The first-order chi connectivity index (χ1) is 17.5. The third-order valence-electron chi connectivity index (χ3n) is 6.77. The van der Waals surface area contributed by atoms with Crippen LogP contribution in [0.5, 0.6) is 0 Å². The number of thioether (sulfide) groups is 1. The summed E-state index contributed by atoms with van der Waals surface area (Å²) in [5, 5.41) is 4.73. The molecule has 0 radical (unpaired) electrons. The van der Waals surface area contributed by atoms with Crippen LogP contribution in [0.15, 0.2) is 100 Å². The van der Waals surface area contributed by atoms with E-state index >= 15 is 0 Å². The van der Waals surface area contributed by atoms with Gasteiger partial charge in [0.15, 0.2) is 5.17 Å². The predicted octanol–water partition coefficient (Wildman–Crippen LogP) is 8.04. The molecule has 0 amide bonds. The number of aliphatic imine (C=N–C) groups is 1. The first-order valence-electron chi connectivity index (χ1n) is 11.9. The van der Waals surface area contributed by atoms with Crippen LogP contribution in [0, 0.1) is 6.92 Å². The second-order valence-electron chi connectivity index (χ2n) is 9.47. The average molecular weight is 531 g/mol. The molecule has 6 rings (SSSR count). The lowest BCUT2D eigenvalue weighted by molar-refractivity contribution is 0.344. The van der Waals surface area contributed by atoms with Gasteiger partial charge in [-0.25, -0.2) is 4.99 Å². The van der Waals surface area contributed by atoms with E-state index in [1.807, 2.05) is 24.3 Å². The van der Waals surface area contributed by atoms with Crippen molar-refractivity contribution in [2.45, 2.75) is 13.0 Å². The van der Waals surface area contributed by atoms with Crippen LogP contribution in [-0.2, 0) is 0 Å². The summed E-state index contributed by atoms with van der Waals surface area (Å²) in [6.45, 7) is 3.81. The van der Waals surface area contributed by atoms with Gasteiger partial charge in [0.25, 0.3) is 0 Å². The van der Waals surface area contributed by atoms with Gasteiger partial charge in [-0.1, -0.05) is 89.1 Å². The van der Waals surface area contributed by atoms with Crippen LogP contribution in [0.25, 0.3) is 11.8 Å². The monoisotopic (exact) mass is 529 g/mol. The molecule has 0 bridgehead atoms. The highest BCUT2D eigenvalue weighted by atomic mass is 35.5. The topological polar surface area (TPSA) is 18.8 Å². The molecule has 1 atom stereocenters. The highest BCUT2D eigenvalue weighted by Gasteiger charge is 2.41. The van der Waals surface area contributed by atoms with Gasteiger partial charge >= 0.3 is 0 Å². The molecule has 0 aromatic heterocycles. The van der Waals surface area contributed by atoms with Crippen molar-refractivity contribution in [3.8, 4) is 0 Å². The maximum Gasteiger partial charge on any atom is 0.174 e. The standard InChI is InChI=1S/C30H25Cl2N3S/c1-19-3-7-21(8-4-19)27-18-36-30-33-28-23(15-20-5-11-24(31)12-6-20)16-34(2)17-26(28)29(35(27)30)22-9-13-25(32)14-10-22/h3-15,18,29H,16-17H2,1-2H3/b23-15+/t29-/m0/s1. The van der Waals surface area contributed by atoms with Crippen LogP contribution in [0.3, 0.4) is 0 Å². The molecule has 0 saturated heterocycles.